The van der Waals surface area contributed by atoms with E-state index in [1.165, 1.54) is 12.3 Å². The Morgan fingerprint density at radius 1 is 0.778 bits per heavy atom. The van der Waals surface area contributed by atoms with Gasteiger partial charge in [-0.1, -0.05) is 35.3 Å². The Morgan fingerprint density at radius 3 is 2.19 bits per heavy atom. The summed E-state index contributed by atoms with van der Waals surface area (Å²) >= 11 is 12.1. The van der Waals surface area contributed by atoms with Crippen molar-refractivity contribution in [1.29, 1.82) is 0 Å². The number of carbonyl (C=O) groups is 2. The molecule has 0 saturated carbocycles. The normalized spacial score (nSPS) is 10.1. The number of urea groups is 1. The van der Waals surface area contributed by atoms with E-state index in [0.29, 0.717) is 11.5 Å². The lowest BCUT2D eigenvalue weighted by Gasteiger charge is -2.10. The van der Waals surface area contributed by atoms with Crippen LogP contribution < -0.4 is 16.0 Å². The molecule has 2 aromatic heterocycles. The molecule has 0 fully saturated rings. The summed E-state index contributed by atoms with van der Waals surface area (Å²) in [7, 11) is 0. The van der Waals surface area contributed by atoms with E-state index in [-0.39, 0.29) is 21.4 Å². The van der Waals surface area contributed by atoms with Gasteiger partial charge in [0.25, 0.3) is 5.91 Å². The van der Waals surface area contributed by atoms with Crippen LogP contribution in [0.3, 0.4) is 0 Å². The molecular weight excluding hydrogens is 389 g/mol. The molecule has 0 unspecified atom stereocenters. The Kier molecular flexibility index (Phi) is 5.85. The number of amides is 3. The number of aromatic nitrogens is 2. The van der Waals surface area contributed by atoms with Gasteiger partial charge in [-0.2, -0.15) is 0 Å². The zero-order chi connectivity index (χ0) is 19.2. The molecule has 0 atom stereocenters. The van der Waals surface area contributed by atoms with Crippen LogP contribution in [0.1, 0.15) is 10.4 Å². The number of hydrogen-bond acceptors (Lipinski definition) is 4. The van der Waals surface area contributed by atoms with Gasteiger partial charge in [0.15, 0.2) is 0 Å². The molecule has 0 aliphatic carbocycles. The largest absolute Gasteiger partial charge is 0.326 e. The molecule has 0 spiro atoms. The molecule has 3 amide bonds. The van der Waals surface area contributed by atoms with Crippen LogP contribution >= 0.6 is 23.2 Å². The fraction of sp³-hybridized carbons (Fsp3) is 0. The predicted molar refractivity (Wildman–Crippen MR) is 106 cm³/mol. The molecule has 1 aromatic carbocycles. The Balaban J connectivity index is 1.68. The summed E-state index contributed by atoms with van der Waals surface area (Å²) in [6.07, 6.45) is 3.00. The Bertz CT molecular complexity index is 962. The van der Waals surface area contributed by atoms with E-state index in [0.717, 1.165) is 0 Å². The molecule has 136 valence electrons. The molecule has 27 heavy (non-hydrogen) atoms. The van der Waals surface area contributed by atoms with Gasteiger partial charge >= 0.3 is 6.03 Å². The first-order valence-electron chi connectivity index (χ1n) is 7.73. The summed E-state index contributed by atoms with van der Waals surface area (Å²) in [6.45, 7) is 0. The van der Waals surface area contributed by atoms with Crippen molar-refractivity contribution in [3.63, 3.8) is 0 Å². The maximum Gasteiger partial charge on any atom is 0.326 e. The van der Waals surface area contributed by atoms with Crippen LogP contribution in [0.15, 0.2) is 60.9 Å². The van der Waals surface area contributed by atoms with Crippen molar-refractivity contribution in [2.75, 3.05) is 16.0 Å². The van der Waals surface area contributed by atoms with Crippen LogP contribution in [0, 0.1) is 0 Å². The van der Waals surface area contributed by atoms with Gasteiger partial charge in [-0.3, -0.25) is 15.4 Å². The highest BCUT2D eigenvalue weighted by atomic mass is 35.5. The number of carbonyl (C=O) groups excluding carboxylic acids is 2. The van der Waals surface area contributed by atoms with E-state index < -0.39 is 11.9 Å². The van der Waals surface area contributed by atoms with Gasteiger partial charge in [0.1, 0.15) is 11.6 Å². The number of pyridine rings is 2. The van der Waals surface area contributed by atoms with E-state index in [1.807, 2.05) is 0 Å². The highest BCUT2D eigenvalue weighted by Crippen LogP contribution is 2.25. The minimum Gasteiger partial charge on any atom is -0.322 e. The second kappa shape index (κ2) is 8.48. The van der Waals surface area contributed by atoms with E-state index >= 15 is 0 Å². The lowest BCUT2D eigenvalue weighted by Crippen LogP contribution is -2.21. The van der Waals surface area contributed by atoms with Crippen molar-refractivity contribution >= 4 is 52.5 Å². The zero-order valence-electron chi connectivity index (χ0n) is 13.7. The monoisotopic (exact) mass is 401 g/mol. The summed E-state index contributed by atoms with van der Waals surface area (Å²) in [4.78, 5) is 32.5. The first-order chi connectivity index (χ1) is 13.0. The van der Waals surface area contributed by atoms with Gasteiger partial charge in [0.05, 0.1) is 15.6 Å². The van der Waals surface area contributed by atoms with E-state index in [2.05, 4.69) is 25.9 Å². The van der Waals surface area contributed by atoms with Crippen molar-refractivity contribution in [2.24, 2.45) is 0 Å². The minimum atomic E-state index is -0.515. The maximum atomic E-state index is 12.4. The number of halogens is 2. The lowest BCUT2D eigenvalue weighted by atomic mass is 10.2. The number of nitrogens with zero attached hydrogens (tertiary/aromatic N) is 2. The second-order valence-electron chi connectivity index (χ2n) is 5.27. The van der Waals surface area contributed by atoms with Gasteiger partial charge in [-0.05, 0) is 30.3 Å². The first-order valence-corrected chi connectivity index (χ1v) is 8.49. The highest BCUT2D eigenvalue weighted by molar-refractivity contribution is 6.40. The first kappa shape index (κ1) is 18.6. The fourth-order valence-electron chi connectivity index (χ4n) is 2.19. The quantitative estimate of drug-likeness (QED) is 0.591. The lowest BCUT2D eigenvalue weighted by molar-refractivity contribution is 0.102. The molecule has 3 N–H and O–H groups in total. The van der Waals surface area contributed by atoms with Crippen LogP contribution in [-0.4, -0.2) is 21.9 Å². The van der Waals surface area contributed by atoms with Gasteiger partial charge in [-0.25, -0.2) is 14.8 Å². The third-order valence-electron chi connectivity index (χ3n) is 3.36. The fourth-order valence-corrected chi connectivity index (χ4v) is 2.75. The average molecular weight is 402 g/mol. The Morgan fingerprint density at radius 2 is 1.48 bits per heavy atom. The Labute approximate surface area is 164 Å². The summed E-state index contributed by atoms with van der Waals surface area (Å²) in [5.41, 5.74) is 0.583. The molecule has 3 aromatic rings. The predicted octanol–water partition coefficient (Wildman–Crippen LogP) is 4.68. The third kappa shape index (κ3) is 4.93. The molecule has 0 saturated heterocycles. The SMILES string of the molecule is O=C(Nc1ccccn1)Nc1cc(NC(=O)c2c(Cl)cccc2Cl)ccn1. The molecule has 0 aliphatic rings. The molecule has 2 heterocycles. The molecule has 0 bridgehead atoms. The summed E-state index contributed by atoms with van der Waals surface area (Å²) in [6, 6.07) is 12.5. The van der Waals surface area contributed by atoms with Crippen LogP contribution in [-0.2, 0) is 0 Å². The number of benzene rings is 1. The smallest absolute Gasteiger partial charge is 0.322 e. The number of nitrogens with one attached hydrogen (secondary N) is 3. The zero-order valence-corrected chi connectivity index (χ0v) is 15.3. The van der Waals surface area contributed by atoms with Crippen molar-refractivity contribution in [2.45, 2.75) is 0 Å². The van der Waals surface area contributed by atoms with E-state index in [9.17, 15) is 9.59 Å². The summed E-state index contributed by atoms with van der Waals surface area (Å²) in [5, 5.41) is 8.28. The number of rotatable bonds is 4. The number of anilines is 3. The van der Waals surface area contributed by atoms with E-state index in [4.69, 9.17) is 23.2 Å². The molecule has 3 rings (SSSR count). The summed E-state index contributed by atoms with van der Waals surface area (Å²) < 4.78 is 0. The van der Waals surface area contributed by atoms with Gasteiger partial charge in [0.2, 0.25) is 0 Å². The second-order valence-corrected chi connectivity index (χ2v) is 6.09. The Hall–Kier alpha value is -3.16. The van der Waals surface area contributed by atoms with Crippen LogP contribution in [0.25, 0.3) is 0 Å². The molecular formula is C18H13Cl2N5O2. The average Bonchev–Trinajstić information content (AvgIpc) is 2.62. The minimum absolute atomic E-state index is 0.167. The molecule has 9 heteroatoms. The van der Waals surface area contributed by atoms with Crippen molar-refractivity contribution in [3.8, 4) is 0 Å². The van der Waals surface area contributed by atoms with Crippen LogP contribution in [0.4, 0.5) is 22.1 Å². The number of hydrogen-bond donors (Lipinski definition) is 3. The topological polar surface area (TPSA) is 96.0 Å². The van der Waals surface area contributed by atoms with Crippen molar-refractivity contribution in [3.05, 3.63) is 76.5 Å². The highest BCUT2D eigenvalue weighted by Gasteiger charge is 2.15. The van der Waals surface area contributed by atoms with Gasteiger partial charge in [0, 0.05) is 24.1 Å². The molecule has 7 nitrogen and oxygen atoms in total. The maximum absolute atomic E-state index is 12.4. The molecule has 0 radical (unpaired) electrons. The van der Waals surface area contributed by atoms with Crippen molar-refractivity contribution in [1.82, 2.24) is 9.97 Å². The molecule has 0 aliphatic heterocycles. The van der Waals surface area contributed by atoms with Crippen LogP contribution in [0.5, 0.6) is 0 Å². The standard InChI is InChI=1S/C18H13Cl2N5O2/c19-12-4-3-5-13(20)16(12)17(26)23-11-7-9-22-15(10-11)25-18(27)24-14-6-1-2-8-21-14/h1-10H,(H3,21,22,23,24,25,26,27). The van der Waals surface area contributed by atoms with Gasteiger partial charge in [-0.15, -0.1) is 0 Å². The van der Waals surface area contributed by atoms with E-state index in [1.54, 1.807) is 48.7 Å². The van der Waals surface area contributed by atoms with Crippen molar-refractivity contribution < 1.29 is 9.59 Å². The third-order valence-corrected chi connectivity index (χ3v) is 3.99. The van der Waals surface area contributed by atoms with Gasteiger partial charge < -0.3 is 5.32 Å². The summed E-state index contributed by atoms with van der Waals surface area (Å²) in [5.74, 6) is 0.167. The van der Waals surface area contributed by atoms with Crippen LogP contribution in [0.2, 0.25) is 10.0 Å².